The normalized spacial score (nSPS) is 12.3. The molecule has 0 radical (unpaired) electrons. The van der Waals surface area contributed by atoms with Gasteiger partial charge in [-0.25, -0.2) is 0 Å². The van der Waals surface area contributed by atoms with E-state index in [1.165, 1.54) is 11.1 Å². The summed E-state index contributed by atoms with van der Waals surface area (Å²) in [7, 11) is 0. The maximum atomic E-state index is 6.52. The van der Waals surface area contributed by atoms with Gasteiger partial charge in [-0.15, -0.1) is 20.4 Å². The molecule has 0 fully saturated rings. The van der Waals surface area contributed by atoms with Crippen LogP contribution in [0.4, 0.5) is 0 Å². The van der Waals surface area contributed by atoms with E-state index in [1.54, 1.807) is 0 Å². The zero-order valence-corrected chi connectivity index (χ0v) is 27.7. The number of hydrogen-bond acceptors (Lipinski definition) is 6. The first kappa shape index (κ1) is 29.6. The Hall–Kier alpha value is -5.10. The number of aryl methyl sites for hydroxylation is 2. The Kier molecular flexibility index (Phi) is 6.93. The predicted octanol–water partition coefficient (Wildman–Crippen LogP) is 10.6. The van der Waals surface area contributed by atoms with E-state index < -0.39 is 0 Å². The van der Waals surface area contributed by atoms with Gasteiger partial charge in [0.05, 0.1) is 11.1 Å². The molecule has 46 heavy (non-hydrogen) atoms. The summed E-state index contributed by atoms with van der Waals surface area (Å²) < 4.78 is 13.0. The fourth-order valence-electron chi connectivity index (χ4n) is 6.11. The maximum Gasteiger partial charge on any atom is 0.249 e. The molecule has 0 amide bonds. The second kappa shape index (κ2) is 10.8. The van der Waals surface area contributed by atoms with Crippen LogP contribution in [0.15, 0.2) is 93.8 Å². The lowest BCUT2D eigenvalue weighted by atomic mass is 9.81. The minimum absolute atomic E-state index is 0.0830. The van der Waals surface area contributed by atoms with Gasteiger partial charge in [0.2, 0.25) is 23.6 Å². The second-order valence-electron chi connectivity index (χ2n) is 14.2. The first-order chi connectivity index (χ1) is 21.9. The zero-order valence-electron chi connectivity index (χ0n) is 27.7. The molecule has 5 aromatic carbocycles. The number of nitrogens with zero attached hydrogens (tertiary/aromatic N) is 4. The summed E-state index contributed by atoms with van der Waals surface area (Å²) in [5.74, 6) is 1.94. The van der Waals surface area contributed by atoms with Crippen LogP contribution in [0.1, 0.15) is 63.8 Å². The minimum atomic E-state index is -0.0830. The highest BCUT2D eigenvalue weighted by atomic mass is 16.4. The highest BCUT2D eigenvalue weighted by Gasteiger charge is 2.27. The smallest absolute Gasteiger partial charge is 0.249 e. The third-order valence-corrected chi connectivity index (χ3v) is 8.88. The summed E-state index contributed by atoms with van der Waals surface area (Å²) in [4.78, 5) is 0. The van der Waals surface area contributed by atoms with Gasteiger partial charge >= 0.3 is 0 Å². The van der Waals surface area contributed by atoms with Gasteiger partial charge in [-0.3, -0.25) is 0 Å². The number of benzene rings is 5. The van der Waals surface area contributed by atoms with E-state index >= 15 is 0 Å². The first-order valence-electron chi connectivity index (χ1n) is 15.7. The second-order valence-corrected chi connectivity index (χ2v) is 14.2. The fourth-order valence-corrected chi connectivity index (χ4v) is 6.11. The molecule has 0 spiro atoms. The van der Waals surface area contributed by atoms with E-state index in [9.17, 15) is 0 Å². The van der Waals surface area contributed by atoms with Crippen molar-refractivity contribution in [1.82, 2.24) is 20.4 Å². The fraction of sp³-hybridized carbons (Fsp3) is 0.250. The first-order valence-corrected chi connectivity index (χ1v) is 15.7. The number of rotatable bonds is 4. The van der Waals surface area contributed by atoms with Gasteiger partial charge in [-0.1, -0.05) is 102 Å². The SMILES string of the molecule is Cc1ccccc1-c1nnc(-c2c3ccc(C(C)(C)C)cc3c(-c3nnc(-c4ccccc4C)o3)c3ccc(C(C)(C)C)cc23)o1. The van der Waals surface area contributed by atoms with Gasteiger partial charge in [0, 0.05) is 11.1 Å². The van der Waals surface area contributed by atoms with E-state index in [-0.39, 0.29) is 10.8 Å². The lowest BCUT2D eigenvalue weighted by Gasteiger charge is -2.23. The molecule has 0 saturated heterocycles. The van der Waals surface area contributed by atoms with Crippen molar-refractivity contribution in [3.8, 4) is 45.8 Å². The van der Waals surface area contributed by atoms with Crippen LogP contribution in [0.2, 0.25) is 0 Å². The van der Waals surface area contributed by atoms with Crippen molar-refractivity contribution >= 4 is 21.5 Å². The van der Waals surface area contributed by atoms with Gasteiger partial charge in [-0.05, 0) is 92.7 Å². The van der Waals surface area contributed by atoms with E-state index in [4.69, 9.17) is 8.83 Å². The number of fused-ring (bicyclic) bond motifs is 2. The maximum absolute atomic E-state index is 6.52. The number of aromatic nitrogens is 4. The lowest BCUT2D eigenvalue weighted by molar-refractivity contribution is 0.583. The highest BCUT2D eigenvalue weighted by molar-refractivity contribution is 6.20. The highest BCUT2D eigenvalue weighted by Crippen LogP contribution is 2.46. The van der Waals surface area contributed by atoms with Crippen LogP contribution in [0.25, 0.3) is 67.4 Å². The van der Waals surface area contributed by atoms with Gasteiger partial charge in [0.25, 0.3) is 0 Å². The lowest BCUT2D eigenvalue weighted by Crippen LogP contribution is -2.11. The molecule has 0 aliphatic heterocycles. The summed E-state index contributed by atoms with van der Waals surface area (Å²) in [6.45, 7) is 17.4. The molecule has 0 unspecified atom stereocenters. The van der Waals surface area contributed by atoms with Crippen molar-refractivity contribution < 1.29 is 8.83 Å². The topological polar surface area (TPSA) is 77.8 Å². The zero-order chi connectivity index (χ0) is 32.4. The third kappa shape index (κ3) is 5.08. The Morgan fingerprint density at radius 1 is 0.435 bits per heavy atom. The summed E-state index contributed by atoms with van der Waals surface area (Å²) in [6, 6.07) is 29.4. The Morgan fingerprint density at radius 2 is 0.804 bits per heavy atom. The molecule has 0 bridgehead atoms. The largest absolute Gasteiger partial charge is 0.416 e. The van der Waals surface area contributed by atoms with Crippen molar-refractivity contribution in [2.45, 2.75) is 66.2 Å². The standard InChI is InChI=1S/C40H38N4O2/c1-23-13-9-11-15-27(23)35-41-43-37(45-35)33-29-19-17-26(40(6,7)8)22-32(29)34(30-20-18-25(21-31(30)33)39(3,4)5)38-44-42-36(46-38)28-16-12-10-14-24(28)2/h9-22H,1-8H3. The van der Waals surface area contributed by atoms with Gasteiger partial charge in [0.15, 0.2) is 0 Å². The van der Waals surface area contributed by atoms with Crippen molar-refractivity contribution in [2.75, 3.05) is 0 Å². The molecule has 230 valence electrons. The molecule has 6 heteroatoms. The van der Waals surface area contributed by atoms with Crippen molar-refractivity contribution in [2.24, 2.45) is 0 Å². The molecule has 0 aliphatic carbocycles. The molecule has 0 saturated carbocycles. The molecule has 0 atom stereocenters. The van der Waals surface area contributed by atoms with Crippen LogP contribution in [-0.4, -0.2) is 20.4 Å². The molecule has 0 aliphatic rings. The van der Waals surface area contributed by atoms with Crippen LogP contribution >= 0.6 is 0 Å². The Bertz CT molecular complexity index is 2100. The van der Waals surface area contributed by atoms with E-state index in [0.29, 0.717) is 23.6 Å². The average molecular weight is 607 g/mol. The molecule has 7 rings (SSSR count). The Morgan fingerprint density at radius 3 is 1.17 bits per heavy atom. The van der Waals surface area contributed by atoms with Crippen LogP contribution in [0, 0.1) is 13.8 Å². The summed E-state index contributed by atoms with van der Waals surface area (Å²) >= 11 is 0. The Labute approximate surface area is 269 Å². The van der Waals surface area contributed by atoms with Gasteiger partial charge in [0.1, 0.15) is 0 Å². The molecule has 0 N–H and O–H groups in total. The molecular weight excluding hydrogens is 568 g/mol. The molecular formula is C40H38N4O2. The average Bonchev–Trinajstić information content (AvgIpc) is 3.69. The predicted molar refractivity (Wildman–Crippen MR) is 186 cm³/mol. The molecule has 2 aromatic heterocycles. The van der Waals surface area contributed by atoms with Crippen LogP contribution in [0.3, 0.4) is 0 Å². The summed E-state index contributed by atoms with van der Waals surface area (Å²) in [6.07, 6.45) is 0. The van der Waals surface area contributed by atoms with E-state index in [2.05, 4.69) is 124 Å². The van der Waals surface area contributed by atoms with Crippen LogP contribution in [0.5, 0.6) is 0 Å². The van der Waals surface area contributed by atoms with E-state index in [0.717, 1.165) is 54.9 Å². The molecule has 2 heterocycles. The van der Waals surface area contributed by atoms with E-state index in [1.807, 2.05) is 36.4 Å². The van der Waals surface area contributed by atoms with Crippen molar-refractivity contribution in [3.05, 3.63) is 107 Å². The van der Waals surface area contributed by atoms with Gasteiger partial charge < -0.3 is 8.83 Å². The summed E-state index contributed by atoms with van der Waals surface area (Å²) in [5, 5.41) is 22.3. The third-order valence-electron chi connectivity index (χ3n) is 8.88. The van der Waals surface area contributed by atoms with Crippen molar-refractivity contribution in [3.63, 3.8) is 0 Å². The monoisotopic (exact) mass is 606 g/mol. The minimum Gasteiger partial charge on any atom is -0.416 e. The van der Waals surface area contributed by atoms with Crippen LogP contribution in [-0.2, 0) is 10.8 Å². The Balaban J connectivity index is 1.58. The quantitative estimate of drug-likeness (QED) is 0.186. The molecule has 6 nitrogen and oxygen atoms in total. The number of hydrogen-bond donors (Lipinski definition) is 0. The molecule has 7 aromatic rings. The summed E-state index contributed by atoms with van der Waals surface area (Å²) in [5.41, 5.74) is 8.02. The van der Waals surface area contributed by atoms with Gasteiger partial charge in [-0.2, -0.15) is 0 Å². The van der Waals surface area contributed by atoms with Crippen LogP contribution < -0.4 is 0 Å². The van der Waals surface area contributed by atoms with Crippen molar-refractivity contribution in [1.29, 1.82) is 0 Å².